The third-order valence-electron chi connectivity index (χ3n) is 1.81. The Kier molecular flexibility index (Phi) is 3.91. The molecule has 0 spiro atoms. The van der Waals surface area contributed by atoms with Gasteiger partial charge < -0.3 is 4.84 Å². The van der Waals surface area contributed by atoms with Gasteiger partial charge in [0, 0.05) is 6.42 Å². The molecule has 1 aromatic rings. The van der Waals surface area contributed by atoms with Crippen LogP contribution in [0.3, 0.4) is 0 Å². The minimum Gasteiger partial charge on any atom is -0.304 e. The Bertz CT molecular complexity index is 317. The average Bonchev–Trinajstić information content (AvgIpc) is 2.20. The summed E-state index contributed by atoms with van der Waals surface area (Å²) in [5, 5.41) is 0. The lowest BCUT2D eigenvalue weighted by molar-refractivity contribution is 0.140. The first-order valence-corrected chi connectivity index (χ1v) is 4.03. The van der Waals surface area contributed by atoms with Crippen LogP contribution in [0.5, 0.6) is 0 Å². The molecule has 0 fully saturated rings. The molecule has 0 heterocycles. The molecule has 0 aliphatic rings. The van der Waals surface area contributed by atoms with E-state index in [2.05, 4.69) is 4.84 Å². The Hall–Kier alpha value is -1.07. The Morgan fingerprint density at radius 1 is 1.29 bits per heavy atom. The third kappa shape index (κ3) is 2.46. The van der Waals surface area contributed by atoms with Crippen molar-refractivity contribution >= 4 is 0 Å². The fraction of sp³-hybridized carbons (Fsp3) is 0.333. The maximum Gasteiger partial charge on any atom is 0.162 e. The average molecular weight is 205 g/mol. The molecular formula is C9H10F3NO. The van der Waals surface area contributed by atoms with Gasteiger partial charge >= 0.3 is 0 Å². The maximum atomic E-state index is 13.0. The summed E-state index contributed by atoms with van der Waals surface area (Å²) in [6, 6.07) is 2.10. The zero-order chi connectivity index (χ0) is 10.6. The molecule has 78 valence electrons. The standard InChI is InChI=1S/C9H10F3NO/c10-5-6-3-7(1-2-14-13)9(12)8(11)4-6/h3-4H,1-2,5,13H2. The Morgan fingerprint density at radius 2 is 2.00 bits per heavy atom. The molecule has 0 saturated carbocycles. The van der Waals surface area contributed by atoms with Gasteiger partial charge in [0.15, 0.2) is 11.6 Å². The van der Waals surface area contributed by atoms with E-state index in [0.29, 0.717) is 0 Å². The number of rotatable bonds is 4. The SMILES string of the molecule is NOCCc1cc(CF)cc(F)c1F. The first-order valence-electron chi connectivity index (χ1n) is 4.03. The number of alkyl halides is 1. The molecule has 0 aliphatic carbocycles. The van der Waals surface area contributed by atoms with E-state index in [1.54, 1.807) is 0 Å². The molecule has 5 heteroatoms. The smallest absolute Gasteiger partial charge is 0.162 e. The summed E-state index contributed by atoms with van der Waals surface area (Å²) >= 11 is 0. The maximum absolute atomic E-state index is 13.0. The van der Waals surface area contributed by atoms with Crippen molar-refractivity contribution in [1.29, 1.82) is 0 Å². The van der Waals surface area contributed by atoms with Crippen LogP contribution >= 0.6 is 0 Å². The van der Waals surface area contributed by atoms with E-state index >= 15 is 0 Å². The number of hydrogen-bond acceptors (Lipinski definition) is 2. The molecule has 1 aromatic carbocycles. The van der Waals surface area contributed by atoms with E-state index in [0.717, 1.165) is 6.07 Å². The van der Waals surface area contributed by atoms with Crippen LogP contribution in [0.25, 0.3) is 0 Å². The van der Waals surface area contributed by atoms with Gasteiger partial charge in [0.05, 0.1) is 6.61 Å². The fourth-order valence-electron chi connectivity index (χ4n) is 1.14. The van der Waals surface area contributed by atoms with Crippen molar-refractivity contribution in [3.8, 4) is 0 Å². The van der Waals surface area contributed by atoms with Crippen LogP contribution in [-0.4, -0.2) is 6.61 Å². The van der Waals surface area contributed by atoms with Crippen LogP contribution in [0, 0.1) is 11.6 Å². The molecule has 1 rings (SSSR count). The predicted molar refractivity (Wildman–Crippen MR) is 45.0 cm³/mol. The van der Waals surface area contributed by atoms with Gasteiger partial charge in [-0.1, -0.05) is 0 Å². The molecule has 0 saturated heterocycles. The van der Waals surface area contributed by atoms with Gasteiger partial charge in [-0.15, -0.1) is 0 Å². The van der Waals surface area contributed by atoms with E-state index < -0.39 is 18.3 Å². The molecule has 0 radical (unpaired) electrons. The summed E-state index contributed by atoms with van der Waals surface area (Å²) < 4.78 is 38.1. The van der Waals surface area contributed by atoms with Gasteiger partial charge in [-0.3, -0.25) is 0 Å². The van der Waals surface area contributed by atoms with Crippen LogP contribution in [0.4, 0.5) is 13.2 Å². The topological polar surface area (TPSA) is 35.2 Å². The molecule has 0 aromatic heterocycles. The van der Waals surface area contributed by atoms with Gasteiger partial charge in [-0.2, -0.15) is 0 Å². The van der Waals surface area contributed by atoms with Crippen molar-refractivity contribution in [2.45, 2.75) is 13.1 Å². The third-order valence-corrected chi connectivity index (χ3v) is 1.81. The predicted octanol–water partition coefficient (Wildman–Crippen LogP) is 1.87. The molecule has 14 heavy (non-hydrogen) atoms. The summed E-state index contributed by atoms with van der Waals surface area (Å²) in [6.45, 7) is -0.764. The normalized spacial score (nSPS) is 10.6. The van der Waals surface area contributed by atoms with E-state index in [-0.39, 0.29) is 24.2 Å². The molecular weight excluding hydrogens is 195 g/mol. The molecule has 0 amide bonds. The lowest BCUT2D eigenvalue weighted by Crippen LogP contribution is -2.06. The number of hydrogen-bond donors (Lipinski definition) is 1. The molecule has 0 atom stereocenters. The van der Waals surface area contributed by atoms with Crippen molar-refractivity contribution in [2.75, 3.05) is 6.61 Å². The summed E-state index contributed by atoms with van der Waals surface area (Å²) in [6.07, 6.45) is 0.118. The molecule has 2 N–H and O–H groups in total. The Labute approximate surface area is 79.4 Å². The van der Waals surface area contributed by atoms with Crippen LogP contribution < -0.4 is 5.90 Å². The molecule has 0 unspecified atom stereocenters. The summed E-state index contributed by atoms with van der Waals surface area (Å²) in [7, 11) is 0. The molecule has 0 aliphatic heterocycles. The summed E-state index contributed by atoms with van der Waals surface area (Å²) in [5.74, 6) is 2.72. The van der Waals surface area contributed by atoms with Gasteiger partial charge in [0.25, 0.3) is 0 Å². The number of nitrogens with two attached hydrogens (primary N) is 1. The highest BCUT2D eigenvalue weighted by Gasteiger charge is 2.10. The molecule has 2 nitrogen and oxygen atoms in total. The quantitative estimate of drug-likeness (QED) is 0.761. The van der Waals surface area contributed by atoms with Crippen molar-refractivity contribution in [1.82, 2.24) is 0 Å². The van der Waals surface area contributed by atoms with Crippen molar-refractivity contribution in [3.63, 3.8) is 0 Å². The van der Waals surface area contributed by atoms with Gasteiger partial charge in [-0.05, 0) is 23.3 Å². The van der Waals surface area contributed by atoms with E-state index in [1.165, 1.54) is 6.07 Å². The molecule has 0 bridgehead atoms. The minimum atomic E-state index is -1.05. The number of halogens is 3. The first kappa shape index (κ1) is 11.0. The van der Waals surface area contributed by atoms with Gasteiger partial charge in [0.2, 0.25) is 0 Å². The van der Waals surface area contributed by atoms with Crippen molar-refractivity contribution < 1.29 is 18.0 Å². The Morgan fingerprint density at radius 3 is 2.57 bits per heavy atom. The fourth-order valence-corrected chi connectivity index (χ4v) is 1.14. The zero-order valence-electron chi connectivity index (χ0n) is 7.40. The van der Waals surface area contributed by atoms with Crippen LogP contribution in [0.1, 0.15) is 11.1 Å². The summed E-state index contributed by atoms with van der Waals surface area (Å²) in [4.78, 5) is 4.23. The van der Waals surface area contributed by atoms with Crippen molar-refractivity contribution in [3.05, 3.63) is 34.9 Å². The second kappa shape index (κ2) is 4.97. The highest BCUT2D eigenvalue weighted by molar-refractivity contribution is 5.26. The lowest BCUT2D eigenvalue weighted by atomic mass is 10.1. The van der Waals surface area contributed by atoms with Crippen LogP contribution in [0.15, 0.2) is 12.1 Å². The Balaban J connectivity index is 2.95. The van der Waals surface area contributed by atoms with Crippen molar-refractivity contribution in [2.24, 2.45) is 5.90 Å². The van der Waals surface area contributed by atoms with E-state index in [4.69, 9.17) is 5.90 Å². The number of benzene rings is 1. The van der Waals surface area contributed by atoms with Gasteiger partial charge in [0.1, 0.15) is 6.67 Å². The highest BCUT2D eigenvalue weighted by Crippen LogP contribution is 2.16. The lowest BCUT2D eigenvalue weighted by Gasteiger charge is -2.05. The largest absolute Gasteiger partial charge is 0.304 e. The van der Waals surface area contributed by atoms with Gasteiger partial charge in [-0.25, -0.2) is 19.1 Å². The monoisotopic (exact) mass is 205 g/mol. The van der Waals surface area contributed by atoms with Crippen LogP contribution in [0.2, 0.25) is 0 Å². The highest BCUT2D eigenvalue weighted by atomic mass is 19.2. The second-order valence-corrected chi connectivity index (χ2v) is 2.81. The van der Waals surface area contributed by atoms with E-state index in [1.807, 2.05) is 0 Å². The first-order chi connectivity index (χ1) is 6.69. The zero-order valence-corrected chi connectivity index (χ0v) is 7.40. The second-order valence-electron chi connectivity index (χ2n) is 2.81. The minimum absolute atomic E-state index is 0.0616. The van der Waals surface area contributed by atoms with E-state index in [9.17, 15) is 13.2 Å². The van der Waals surface area contributed by atoms with Crippen LogP contribution in [-0.2, 0) is 17.9 Å². The summed E-state index contributed by atoms with van der Waals surface area (Å²) in [5.41, 5.74) is 0.180.